The van der Waals surface area contributed by atoms with Crippen LogP contribution in [0.1, 0.15) is 39.2 Å². The Labute approximate surface area is 163 Å². The number of ether oxygens (including phenoxy) is 2. The van der Waals surface area contributed by atoms with Crippen molar-refractivity contribution in [3.63, 3.8) is 0 Å². The lowest BCUT2D eigenvalue weighted by Crippen LogP contribution is -2.44. The van der Waals surface area contributed by atoms with Crippen molar-refractivity contribution in [3.05, 3.63) is 29.8 Å². The summed E-state index contributed by atoms with van der Waals surface area (Å²) in [6.07, 6.45) is 0. The third-order valence-electron chi connectivity index (χ3n) is 3.30. The van der Waals surface area contributed by atoms with E-state index in [1.165, 1.54) is 5.56 Å². The van der Waals surface area contributed by atoms with E-state index < -0.39 is 0 Å². The number of hydrogen-bond donors (Lipinski definition) is 2. The Kier molecular flexibility index (Phi) is 12.7. The zero-order valence-electron chi connectivity index (χ0n) is 15.5. The van der Waals surface area contributed by atoms with Gasteiger partial charge in [0, 0.05) is 19.7 Å². The van der Waals surface area contributed by atoms with Gasteiger partial charge in [-0.25, -0.2) is 4.99 Å². The molecule has 0 saturated carbocycles. The van der Waals surface area contributed by atoms with E-state index in [1.54, 1.807) is 7.11 Å². The average Bonchev–Trinajstić information content (AvgIpc) is 2.52. The number of rotatable bonds is 9. The maximum absolute atomic E-state index is 5.89. The lowest BCUT2D eigenvalue weighted by atomic mass is 10.0. The largest absolute Gasteiger partial charge is 0.491 e. The maximum atomic E-state index is 5.89. The number of nitrogens with zero attached hydrogens (tertiary/aromatic N) is 1. The van der Waals surface area contributed by atoms with Gasteiger partial charge in [0.25, 0.3) is 0 Å². The number of halogens is 1. The fraction of sp³-hybridized carbons (Fsp3) is 0.611. The van der Waals surface area contributed by atoms with Crippen molar-refractivity contribution in [2.24, 2.45) is 4.99 Å². The molecule has 6 heteroatoms. The number of nitrogens with one attached hydrogen (secondary N) is 2. The van der Waals surface area contributed by atoms with Crippen LogP contribution in [-0.4, -0.2) is 45.4 Å². The Morgan fingerprint density at radius 1 is 1.21 bits per heavy atom. The Morgan fingerprint density at radius 3 is 2.54 bits per heavy atom. The number of hydrogen-bond acceptors (Lipinski definition) is 3. The van der Waals surface area contributed by atoms with Crippen LogP contribution in [0.15, 0.2) is 29.3 Å². The molecule has 0 heterocycles. The van der Waals surface area contributed by atoms with E-state index in [9.17, 15) is 0 Å². The number of benzene rings is 1. The Balaban J connectivity index is 0.00000529. The quantitative estimate of drug-likeness (QED) is 0.263. The molecule has 0 fully saturated rings. The zero-order chi connectivity index (χ0) is 17.1. The summed E-state index contributed by atoms with van der Waals surface area (Å²) in [5.74, 6) is 2.18. The van der Waals surface area contributed by atoms with Crippen molar-refractivity contribution >= 4 is 29.9 Å². The van der Waals surface area contributed by atoms with E-state index in [-0.39, 0.29) is 30.0 Å². The number of methoxy groups -OCH3 is 1. The van der Waals surface area contributed by atoms with Gasteiger partial charge in [-0.3, -0.25) is 0 Å². The van der Waals surface area contributed by atoms with Gasteiger partial charge in [-0.1, -0.05) is 32.0 Å². The number of guanidine groups is 1. The van der Waals surface area contributed by atoms with Gasteiger partial charge >= 0.3 is 0 Å². The Bertz CT molecular complexity index is 481. The van der Waals surface area contributed by atoms with Gasteiger partial charge in [-0.15, -0.1) is 24.0 Å². The monoisotopic (exact) mass is 449 g/mol. The molecule has 1 aromatic carbocycles. The summed E-state index contributed by atoms with van der Waals surface area (Å²) in [4.78, 5) is 4.54. The highest BCUT2D eigenvalue weighted by Gasteiger charge is 2.07. The molecule has 5 nitrogen and oxygen atoms in total. The van der Waals surface area contributed by atoms with Crippen molar-refractivity contribution in [3.8, 4) is 5.75 Å². The maximum Gasteiger partial charge on any atom is 0.191 e. The van der Waals surface area contributed by atoms with Crippen molar-refractivity contribution < 1.29 is 9.47 Å². The molecule has 1 atom stereocenters. The molecule has 0 aliphatic rings. The predicted octanol–water partition coefficient (Wildman–Crippen LogP) is 3.40. The summed E-state index contributed by atoms with van der Waals surface area (Å²) in [7, 11) is 1.70. The normalized spacial score (nSPS) is 12.5. The molecule has 1 rings (SSSR count). The van der Waals surface area contributed by atoms with Crippen LogP contribution in [0.3, 0.4) is 0 Å². The van der Waals surface area contributed by atoms with E-state index >= 15 is 0 Å². The summed E-state index contributed by atoms with van der Waals surface area (Å²) in [6.45, 7) is 11.1. The van der Waals surface area contributed by atoms with Crippen LogP contribution < -0.4 is 15.4 Å². The highest BCUT2D eigenvalue weighted by molar-refractivity contribution is 14.0. The standard InChI is InChI=1S/C18H31N3O2.HI/c1-6-19-18(21-15(4)13-22-5)20-11-12-23-17-10-8-7-9-16(17)14(2)3;/h7-10,14-15H,6,11-13H2,1-5H3,(H2,19,20,21);1H. The van der Waals surface area contributed by atoms with Gasteiger partial charge in [-0.2, -0.15) is 0 Å². The van der Waals surface area contributed by atoms with E-state index in [4.69, 9.17) is 9.47 Å². The van der Waals surface area contributed by atoms with Crippen LogP contribution in [0.25, 0.3) is 0 Å². The van der Waals surface area contributed by atoms with E-state index in [1.807, 2.05) is 25.1 Å². The van der Waals surface area contributed by atoms with E-state index in [0.29, 0.717) is 25.7 Å². The predicted molar refractivity (Wildman–Crippen MR) is 112 cm³/mol. The van der Waals surface area contributed by atoms with E-state index in [2.05, 4.69) is 42.5 Å². The van der Waals surface area contributed by atoms with Gasteiger partial charge in [0.05, 0.1) is 13.2 Å². The molecule has 0 aliphatic carbocycles. The summed E-state index contributed by atoms with van der Waals surface area (Å²) >= 11 is 0. The molecule has 24 heavy (non-hydrogen) atoms. The summed E-state index contributed by atoms with van der Waals surface area (Å²) in [6, 6.07) is 8.39. The molecule has 0 amide bonds. The van der Waals surface area contributed by atoms with Crippen LogP contribution in [0.5, 0.6) is 5.75 Å². The van der Waals surface area contributed by atoms with Crippen LogP contribution in [0.4, 0.5) is 0 Å². The minimum Gasteiger partial charge on any atom is -0.491 e. The molecule has 138 valence electrons. The second kappa shape index (κ2) is 13.3. The minimum atomic E-state index is 0. The second-order valence-corrected chi connectivity index (χ2v) is 5.80. The first kappa shape index (κ1) is 23.0. The molecular formula is C18H32IN3O2. The lowest BCUT2D eigenvalue weighted by Gasteiger charge is -2.17. The zero-order valence-corrected chi connectivity index (χ0v) is 17.8. The van der Waals surface area contributed by atoms with Gasteiger partial charge in [-0.05, 0) is 31.4 Å². The minimum absolute atomic E-state index is 0. The third kappa shape index (κ3) is 8.73. The fourth-order valence-electron chi connectivity index (χ4n) is 2.25. The van der Waals surface area contributed by atoms with Crippen LogP contribution in [0, 0.1) is 0 Å². The first-order valence-corrected chi connectivity index (χ1v) is 8.34. The van der Waals surface area contributed by atoms with Crippen molar-refractivity contribution in [1.29, 1.82) is 0 Å². The summed E-state index contributed by atoms with van der Waals surface area (Å²) < 4.78 is 11.0. The molecular weight excluding hydrogens is 417 g/mol. The molecule has 0 radical (unpaired) electrons. The van der Waals surface area contributed by atoms with Crippen LogP contribution >= 0.6 is 24.0 Å². The molecule has 0 bridgehead atoms. The average molecular weight is 449 g/mol. The first-order valence-electron chi connectivity index (χ1n) is 8.34. The molecule has 0 spiro atoms. The van der Waals surface area contributed by atoms with Gasteiger partial charge in [0.15, 0.2) is 5.96 Å². The lowest BCUT2D eigenvalue weighted by molar-refractivity contribution is 0.179. The molecule has 0 aromatic heterocycles. The van der Waals surface area contributed by atoms with Crippen molar-refractivity contribution in [2.75, 3.05) is 33.4 Å². The van der Waals surface area contributed by atoms with Gasteiger partial charge in [0.1, 0.15) is 12.4 Å². The Hall–Kier alpha value is -1.02. The highest BCUT2D eigenvalue weighted by Crippen LogP contribution is 2.25. The molecule has 0 aliphatic heterocycles. The first-order chi connectivity index (χ1) is 11.1. The fourth-order valence-corrected chi connectivity index (χ4v) is 2.25. The Morgan fingerprint density at radius 2 is 1.92 bits per heavy atom. The van der Waals surface area contributed by atoms with Crippen molar-refractivity contribution in [1.82, 2.24) is 10.6 Å². The smallest absolute Gasteiger partial charge is 0.191 e. The second-order valence-electron chi connectivity index (χ2n) is 5.80. The number of aliphatic imine (C=N–C) groups is 1. The topological polar surface area (TPSA) is 54.9 Å². The van der Waals surface area contributed by atoms with Crippen LogP contribution in [-0.2, 0) is 4.74 Å². The van der Waals surface area contributed by atoms with Gasteiger partial charge in [0.2, 0.25) is 0 Å². The van der Waals surface area contributed by atoms with Gasteiger partial charge < -0.3 is 20.1 Å². The molecule has 0 saturated heterocycles. The summed E-state index contributed by atoms with van der Waals surface area (Å²) in [5.41, 5.74) is 1.23. The number of para-hydroxylation sites is 1. The molecule has 1 aromatic rings. The van der Waals surface area contributed by atoms with E-state index in [0.717, 1.165) is 18.3 Å². The molecule has 2 N–H and O–H groups in total. The SMILES string of the molecule is CCNC(=NCCOc1ccccc1C(C)C)NC(C)COC.I. The summed E-state index contributed by atoms with van der Waals surface area (Å²) in [5, 5.41) is 6.53. The highest BCUT2D eigenvalue weighted by atomic mass is 127. The third-order valence-corrected chi connectivity index (χ3v) is 3.30. The van der Waals surface area contributed by atoms with Crippen LogP contribution in [0.2, 0.25) is 0 Å². The molecule has 1 unspecified atom stereocenters. The van der Waals surface area contributed by atoms with Crippen molar-refractivity contribution in [2.45, 2.75) is 39.7 Å².